The maximum Gasteiger partial charge on any atom is 0.170 e. The molecule has 13 heavy (non-hydrogen) atoms. The second-order valence-corrected chi connectivity index (χ2v) is 2.79. The summed E-state index contributed by atoms with van der Waals surface area (Å²) >= 11 is 0. The van der Waals surface area contributed by atoms with E-state index >= 15 is 0 Å². The molecule has 0 bridgehead atoms. The van der Waals surface area contributed by atoms with E-state index in [0.29, 0.717) is 5.56 Å². The Balaban J connectivity index is 3.12. The van der Waals surface area contributed by atoms with E-state index in [1.807, 2.05) is 6.92 Å². The van der Waals surface area contributed by atoms with Crippen LogP contribution in [0.3, 0.4) is 0 Å². The van der Waals surface area contributed by atoms with Crippen LogP contribution in [0.15, 0.2) is 23.4 Å². The van der Waals surface area contributed by atoms with Crippen LogP contribution in [0.2, 0.25) is 0 Å². The van der Waals surface area contributed by atoms with Crippen LogP contribution in [0.4, 0.5) is 0 Å². The fraction of sp³-hybridized carbons (Fsp3) is 0.222. The van der Waals surface area contributed by atoms with Crippen molar-refractivity contribution >= 4 is 5.84 Å². The standard InChI is InChI=1S/C9H12N2O2/c1-6-4-7(5-12)2-3-8(6)9(10)11-13/h2-4,12-13H,5H2,1H3,(H2,10,11). The van der Waals surface area contributed by atoms with Crippen molar-refractivity contribution in [3.8, 4) is 0 Å². The third-order valence-electron chi connectivity index (χ3n) is 1.86. The summed E-state index contributed by atoms with van der Waals surface area (Å²) in [7, 11) is 0. The topological polar surface area (TPSA) is 78.8 Å². The number of rotatable bonds is 2. The lowest BCUT2D eigenvalue weighted by atomic mass is 10.0. The van der Waals surface area contributed by atoms with Gasteiger partial charge < -0.3 is 16.0 Å². The molecule has 0 saturated heterocycles. The second-order valence-electron chi connectivity index (χ2n) is 2.79. The summed E-state index contributed by atoms with van der Waals surface area (Å²) in [5.41, 5.74) is 7.79. The molecule has 0 aliphatic carbocycles. The number of aliphatic hydroxyl groups excluding tert-OH is 1. The first-order chi connectivity index (χ1) is 6.19. The monoisotopic (exact) mass is 180 g/mol. The molecule has 1 aromatic rings. The van der Waals surface area contributed by atoms with E-state index in [4.69, 9.17) is 16.0 Å². The molecule has 0 amide bonds. The average molecular weight is 180 g/mol. The minimum atomic E-state index is -0.00269. The number of nitrogens with two attached hydrogens (primary N) is 1. The van der Waals surface area contributed by atoms with Gasteiger partial charge in [-0.15, -0.1) is 0 Å². The molecule has 4 nitrogen and oxygen atoms in total. The van der Waals surface area contributed by atoms with Crippen LogP contribution in [-0.4, -0.2) is 16.1 Å². The van der Waals surface area contributed by atoms with Gasteiger partial charge in [-0.2, -0.15) is 0 Å². The molecule has 0 atom stereocenters. The van der Waals surface area contributed by atoms with Crippen molar-refractivity contribution in [1.29, 1.82) is 0 Å². The summed E-state index contributed by atoms with van der Waals surface area (Å²) in [5, 5.41) is 20.2. The number of benzene rings is 1. The SMILES string of the molecule is Cc1cc(CO)ccc1/C(N)=N/O. The summed E-state index contributed by atoms with van der Waals surface area (Å²) < 4.78 is 0. The van der Waals surface area contributed by atoms with Crippen molar-refractivity contribution in [2.24, 2.45) is 10.9 Å². The van der Waals surface area contributed by atoms with Crippen molar-refractivity contribution in [3.63, 3.8) is 0 Å². The summed E-state index contributed by atoms with van der Waals surface area (Å²) in [6, 6.07) is 5.25. The third-order valence-corrected chi connectivity index (χ3v) is 1.86. The van der Waals surface area contributed by atoms with Gasteiger partial charge in [-0.25, -0.2) is 0 Å². The molecule has 0 aliphatic heterocycles. The van der Waals surface area contributed by atoms with Crippen molar-refractivity contribution in [2.45, 2.75) is 13.5 Å². The molecule has 0 aliphatic rings. The third kappa shape index (κ3) is 1.97. The Morgan fingerprint density at radius 3 is 2.69 bits per heavy atom. The lowest BCUT2D eigenvalue weighted by Crippen LogP contribution is -2.14. The van der Waals surface area contributed by atoms with E-state index in [-0.39, 0.29) is 12.4 Å². The van der Waals surface area contributed by atoms with Gasteiger partial charge in [-0.1, -0.05) is 23.4 Å². The molecule has 4 N–H and O–H groups in total. The maximum atomic E-state index is 8.84. The van der Waals surface area contributed by atoms with Crippen LogP contribution in [-0.2, 0) is 6.61 Å². The zero-order valence-corrected chi connectivity index (χ0v) is 7.36. The summed E-state index contributed by atoms with van der Waals surface area (Å²) in [6.45, 7) is 1.84. The molecule has 0 fully saturated rings. The van der Waals surface area contributed by atoms with Gasteiger partial charge in [0.1, 0.15) is 0 Å². The Kier molecular flexibility index (Phi) is 2.87. The second kappa shape index (κ2) is 3.91. The van der Waals surface area contributed by atoms with Gasteiger partial charge in [-0.3, -0.25) is 0 Å². The van der Waals surface area contributed by atoms with Crippen LogP contribution in [0.5, 0.6) is 0 Å². The molecule has 1 aromatic carbocycles. The summed E-state index contributed by atoms with van der Waals surface area (Å²) in [6.07, 6.45) is 0. The lowest BCUT2D eigenvalue weighted by molar-refractivity contribution is 0.282. The first-order valence-corrected chi connectivity index (χ1v) is 3.87. The minimum absolute atomic E-state index is 0.00269. The Bertz CT molecular complexity index is 334. The van der Waals surface area contributed by atoms with Gasteiger partial charge in [-0.05, 0) is 18.1 Å². The number of nitrogens with zero attached hydrogens (tertiary/aromatic N) is 1. The Morgan fingerprint density at radius 2 is 2.23 bits per heavy atom. The van der Waals surface area contributed by atoms with E-state index < -0.39 is 0 Å². The first-order valence-electron chi connectivity index (χ1n) is 3.87. The number of hydrogen-bond acceptors (Lipinski definition) is 3. The first kappa shape index (κ1) is 9.54. The highest BCUT2D eigenvalue weighted by molar-refractivity contribution is 5.98. The van der Waals surface area contributed by atoms with Gasteiger partial charge in [0.15, 0.2) is 5.84 Å². The molecule has 70 valence electrons. The highest BCUT2D eigenvalue weighted by atomic mass is 16.4. The van der Waals surface area contributed by atoms with Crippen molar-refractivity contribution in [3.05, 3.63) is 34.9 Å². The number of aliphatic hydroxyl groups is 1. The van der Waals surface area contributed by atoms with E-state index in [1.165, 1.54) is 0 Å². The molecule has 0 radical (unpaired) electrons. The van der Waals surface area contributed by atoms with Gasteiger partial charge in [0.05, 0.1) is 6.61 Å². The highest BCUT2D eigenvalue weighted by Gasteiger charge is 2.03. The maximum absolute atomic E-state index is 8.84. The van der Waals surface area contributed by atoms with Crippen molar-refractivity contribution in [1.82, 2.24) is 0 Å². The molecule has 0 heterocycles. The Morgan fingerprint density at radius 1 is 1.54 bits per heavy atom. The number of hydrogen-bond donors (Lipinski definition) is 3. The van der Waals surface area contributed by atoms with Crippen molar-refractivity contribution in [2.75, 3.05) is 0 Å². The lowest BCUT2D eigenvalue weighted by Gasteiger charge is -2.04. The molecular formula is C9H12N2O2. The zero-order valence-electron chi connectivity index (χ0n) is 7.36. The molecule has 1 rings (SSSR count). The molecule has 4 heteroatoms. The average Bonchev–Trinajstić information content (AvgIpc) is 2.16. The smallest absolute Gasteiger partial charge is 0.170 e. The number of amidine groups is 1. The summed E-state index contributed by atoms with van der Waals surface area (Å²) in [4.78, 5) is 0. The highest BCUT2D eigenvalue weighted by Crippen LogP contribution is 2.10. The molecule has 0 saturated carbocycles. The van der Waals surface area contributed by atoms with Crippen LogP contribution < -0.4 is 5.73 Å². The fourth-order valence-electron chi connectivity index (χ4n) is 1.17. The Labute approximate surface area is 76.3 Å². The fourth-order valence-corrected chi connectivity index (χ4v) is 1.17. The van der Waals surface area contributed by atoms with E-state index in [1.54, 1.807) is 18.2 Å². The van der Waals surface area contributed by atoms with E-state index in [0.717, 1.165) is 11.1 Å². The number of aryl methyl sites for hydroxylation is 1. The molecule has 0 spiro atoms. The van der Waals surface area contributed by atoms with Crippen LogP contribution in [0.25, 0.3) is 0 Å². The molecule has 0 unspecified atom stereocenters. The largest absolute Gasteiger partial charge is 0.409 e. The summed E-state index contributed by atoms with van der Waals surface area (Å²) in [5.74, 6) is 0.0852. The predicted octanol–water partition coefficient (Wildman–Crippen LogP) is 0.582. The van der Waals surface area contributed by atoms with E-state index in [2.05, 4.69) is 5.16 Å². The zero-order chi connectivity index (χ0) is 9.84. The normalized spacial score (nSPS) is 11.7. The van der Waals surface area contributed by atoms with Gasteiger partial charge in [0.25, 0.3) is 0 Å². The van der Waals surface area contributed by atoms with Crippen LogP contribution in [0, 0.1) is 6.92 Å². The van der Waals surface area contributed by atoms with Gasteiger partial charge >= 0.3 is 0 Å². The number of oxime groups is 1. The molecule has 0 aromatic heterocycles. The Hall–Kier alpha value is -1.55. The van der Waals surface area contributed by atoms with Crippen molar-refractivity contribution < 1.29 is 10.3 Å². The van der Waals surface area contributed by atoms with Crippen LogP contribution in [0.1, 0.15) is 16.7 Å². The van der Waals surface area contributed by atoms with Gasteiger partial charge in [0.2, 0.25) is 0 Å². The molecular weight excluding hydrogens is 168 g/mol. The van der Waals surface area contributed by atoms with Gasteiger partial charge in [0, 0.05) is 5.56 Å². The van der Waals surface area contributed by atoms with E-state index in [9.17, 15) is 0 Å². The predicted molar refractivity (Wildman–Crippen MR) is 49.6 cm³/mol. The quantitative estimate of drug-likeness (QED) is 0.269. The van der Waals surface area contributed by atoms with Crippen LogP contribution >= 0.6 is 0 Å². The minimum Gasteiger partial charge on any atom is -0.409 e.